The Kier molecular flexibility index (Phi) is 5.67. The highest BCUT2D eigenvalue weighted by Crippen LogP contribution is 2.43. The lowest BCUT2D eigenvalue weighted by Gasteiger charge is -2.28. The van der Waals surface area contributed by atoms with Crippen LogP contribution < -0.4 is 5.32 Å². The smallest absolute Gasteiger partial charge is 0.333 e. The third kappa shape index (κ3) is 3.81. The molecule has 0 saturated heterocycles. The molecule has 0 spiro atoms. The van der Waals surface area contributed by atoms with Crippen LogP contribution in [0.1, 0.15) is 17.4 Å². The molecule has 5 heterocycles. The minimum atomic E-state index is -3.64. The topological polar surface area (TPSA) is 91.3 Å². The van der Waals surface area contributed by atoms with Gasteiger partial charge in [-0.15, -0.1) is 10.2 Å². The normalized spacial score (nSPS) is 14.8. The molecule has 38 heavy (non-hydrogen) atoms. The van der Waals surface area contributed by atoms with Crippen molar-refractivity contribution in [1.29, 1.82) is 0 Å². The van der Waals surface area contributed by atoms with Gasteiger partial charge in [0.1, 0.15) is 18.2 Å². The van der Waals surface area contributed by atoms with Crippen molar-refractivity contribution in [1.82, 2.24) is 39.1 Å². The van der Waals surface area contributed by atoms with Gasteiger partial charge in [-0.1, -0.05) is 29.8 Å². The van der Waals surface area contributed by atoms with E-state index in [1.165, 1.54) is 24.3 Å². The fraction of sp³-hybridized carbons (Fsp3) is 0.208. The SMILES string of the molecule is Cn1nccc1Nc1ncc(F)c(-c2cc3n(c2)C[C@H](CF)n2c-3nnc2C(F)(F)c2ccccc2Cl)n1. The highest BCUT2D eigenvalue weighted by Gasteiger charge is 2.45. The average Bonchev–Trinajstić information content (AvgIpc) is 3.63. The van der Waals surface area contributed by atoms with E-state index < -0.39 is 35.8 Å². The Hall–Kier alpha value is -4.26. The molecule has 0 saturated carbocycles. The molecule has 9 nitrogen and oxygen atoms in total. The van der Waals surface area contributed by atoms with E-state index in [1.54, 1.807) is 40.8 Å². The van der Waals surface area contributed by atoms with Crippen molar-refractivity contribution >= 4 is 23.4 Å². The number of hydrogen-bond acceptors (Lipinski definition) is 6. The first-order valence-electron chi connectivity index (χ1n) is 11.4. The van der Waals surface area contributed by atoms with Crippen LogP contribution in [0, 0.1) is 5.82 Å². The summed E-state index contributed by atoms with van der Waals surface area (Å²) < 4.78 is 64.5. The van der Waals surface area contributed by atoms with E-state index in [0.717, 1.165) is 10.8 Å². The number of fused-ring (bicyclic) bond motifs is 3. The standard InChI is InChI=1S/C24H18ClF4N9/c1-36-19(6-7-31-36)32-23-30-10-17(27)20(33-23)13-8-18-21-34-35-22(38(21)14(9-26)12-37(18)11-13)24(28,29)15-4-2-3-5-16(15)25/h2-8,10-11,14H,9,12H2,1H3,(H,30,32,33)/t14-/m0/s1. The van der Waals surface area contributed by atoms with Crippen molar-refractivity contribution in [2.24, 2.45) is 7.05 Å². The first-order valence-corrected chi connectivity index (χ1v) is 11.8. The predicted molar refractivity (Wildman–Crippen MR) is 130 cm³/mol. The maximum absolute atomic E-state index is 15.6. The zero-order valence-electron chi connectivity index (χ0n) is 19.7. The molecule has 6 rings (SSSR count). The third-order valence-electron chi connectivity index (χ3n) is 6.34. The average molecular weight is 544 g/mol. The molecule has 4 aromatic heterocycles. The van der Waals surface area contributed by atoms with Crippen molar-refractivity contribution in [3.63, 3.8) is 0 Å². The van der Waals surface area contributed by atoms with Gasteiger partial charge in [-0.2, -0.15) is 13.9 Å². The lowest BCUT2D eigenvalue weighted by atomic mass is 10.1. The highest BCUT2D eigenvalue weighted by molar-refractivity contribution is 6.31. The number of hydrogen-bond donors (Lipinski definition) is 1. The lowest BCUT2D eigenvalue weighted by Crippen LogP contribution is -2.30. The second-order valence-electron chi connectivity index (χ2n) is 8.70. The van der Waals surface area contributed by atoms with Crippen LogP contribution in [0.2, 0.25) is 5.02 Å². The van der Waals surface area contributed by atoms with E-state index in [1.807, 2.05) is 0 Å². The number of alkyl halides is 3. The fourth-order valence-corrected chi connectivity index (χ4v) is 4.76. The van der Waals surface area contributed by atoms with Crippen LogP contribution in [0.25, 0.3) is 22.8 Å². The van der Waals surface area contributed by atoms with Gasteiger partial charge < -0.3 is 9.88 Å². The molecule has 0 unspecified atom stereocenters. The molecule has 14 heteroatoms. The number of halogens is 5. The van der Waals surface area contributed by atoms with Crippen LogP contribution in [-0.4, -0.2) is 45.8 Å². The van der Waals surface area contributed by atoms with Gasteiger partial charge in [-0.3, -0.25) is 9.25 Å². The summed E-state index contributed by atoms with van der Waals surface area (Å²) in [5, 5.41) is 14.6. The molecule has 1 atom stereocenters. The molecule has 1 aromatic carbocycles. The van der Waals surface area contributed by atoms with E-state index >= 15 is 8.78 Å². The Labute approximate surface area is 217 Å². The summed E-state index contributed by atoms with van der Waals surface area (Å²) in [5.41, 5.74) is 0.197. The second-order valence-corrected chi connectivity index (χ2v) is 9.11. The second kappa shape index (κ2) is 8.94. The Morgan fingerprint density at radius 3 is 2.74 bits per heavy atom. The molecular weight excluding hydrogens is 526 g/mol. The van der Waals surface area contributed by atoms with Crippen LogP contribution in [-0.2, 0) is 19.5 Å². The molecule has 0 radical (unpaired) electrons. The Morgan fingerprint density at radius 1 is 1.18 bits per heavy atom. The van der Waals surface area contributed by atoms with Crippen LogP contribution in [0.4, 0.5) is 29.3 Å². The summed E-state index contributed by atoms with van der Waals surface area (Å²) in [6, 6.07) is 7.72. The number of aryl methyl sites for hydroxylation is 1. The molecule has 0 bridgehead atoms. The first-order chi connectivity index (χ1) is 18.3. The van der Waals surface area contributed by atoms with Crippen molar-refractivity contribution < 1.29 is 17.6 Å². The molecule has 194 valence electrons. The van der Waals surface area contributed by atoms with Gasteiger partial charge in [0.15, 0.2) is 11.6 Å². The van der Waals surface area contributed by atoms with Gasteiger partial charge in [0.25, 0.3) is 0 Å². The van der Waals surface area contributed by atoms with Gasteiger partial charge in [-0.05, 0) is 12.1 Å². The predicted octanol–water partition coefficient (Wildman–Crippen LogP) is 5.14. The highest BCUT2D eigenvalue weighted by atomic mass is 35.5. The van der Waals surface area contributed by atoms with Gasteiger partial charge in [-0.25, -0.2) is 18.7 Å². The van der Waals surface area contributed by atoms with Crippen molar-refractivity contribution in [2.75, 3.05) is 12.0 Å². The summed E-state index contributed by atoms with van der Waals surface area (Å²) in [6.45, 7) is -0.959. The van der Waals surface area contributed by atoms with E-state index in [2.05, 4.69) is 30.6 Å². The molecule has 5 aromatic rings. The maximum atomic E-state index is 15.6. The maximum Gasteiger partial charge on any atom is 0.333 e. The zero-order valence-corrected chi connectivity index (χ0v) is 20.4. The van der Waals surface area contributed by atoms with E-state index in [9.17, 15) is 8.78 Å². The Bertz CT molecular complexity index is 1660. The number of benzene rings is 1. The number of rotatable bonds is 6. The van der Waals surface area contributed by atoms with Crippen molar-refractivity contribution in [3.8, 4) is 22.8 Å². The van der Waals surface area contributed by atoms with E-state index in [4.69, 9.17) is 11.6 Å². The Morgan fingerprint density at radius 2 is 2.00 bits per heavy atom. The van der Waals surface area contributed by atoms with Gasteiger partial charge >= 0.3 is 5.92 Å². The molecule has 0 aliphatic carbocycles. The fourth-order valence-electron chi connectivity index (χ4n) is 4.51. The molecule has 0 amide bonds. The van der Waals surface area contributed by atoms with Crippen LogP contribution >= 0.6 is 11.6 Å². The molecule has 1 aliphatic rings. The van der Waals surface area contributed by atoms with E-state index in [-0.39, 0.29) is 29.0 Å². The number of aromatic nitrogens is 8. The third-order valence-corrected chi connectivity index (χ3v) is 6.67. The quantitative estimate of drug-likeness (QED) is 0.298. The molecule has 0 fully saturated rings. The van der Waals surface area contributed by atoms with Crippen molar-refractivity contribution in [2.45, 2.75) is 18.5 Å². The summed E-state index contributed by atoms with van der Waals surface area (Å²) in [5.74, 6) is -4.33. The Balaban J connectivity index is 1.42. The zero-order chi connectivity index (χ0) is 26.6. The van der Waals surface area contributed by atoms with Crippen LogP contribution in [0.3, 0.4) is 0 Å². The lowest BCUT2D eigenvalue weighted by molar-refractivity contribution is 0.0259. The van der Waals surface area contributed by atoms with Gasteiger partial charge in [0.05, 0.1) is 29.2 Å². The van der Waals surface area contributed by atoms with Crippen molar-refractivity contribution in [3.05, 3.63) is 77.2 Å². The summed E-state index contributed by atoms with van der Waals surface area (Å²) in [6.07, 6.45) is 4.17. The molecule has 1 N–H and O–H groups in total. The number of nitrogens with one attached hydrogen (secondary N) is 1. The van der Waals surface area contributed by atoms with Gasteiger partial charge in [0.2, 0.25) is 11.8 Å². The van der Waals surface area contributed by atoms with Crippen LogP contribution in [0.15, 0.2) is 55.0 Å². The summed E-state index contributed by atoms with van der Waals surface area (Å²) in [7, 11) is 1.72. The number of anilines is 2. The van der Waals surface area contributed by atoms with Gasteiger partial charge in [0, 0.05) is 37.0 Å². The summed E-state index contributed by atoms with van der Waals surface area (Å²) >= 11 is 6.04. The summed E-state index contributed by atoms with van der Waals surface area (Å²) in [4.78, 5) is 8.26. The minimum absolute atomic E-state index is 0.00466. The molecular formula is C24H18ClF4N9. The number of nitrogens with zero attached hydrogens (tertiary/aromatic N) is 8. The first kappa shape index (κ1) is 24.1. The van der Waals surface area contributed by atoms with E-state index in [0.29, 0.717) is 17.1 Å². The van der Waals surface area contributed by atoms with Crippen LogP contribution in [0.5, 0.6) is 0 Å². The monoisotopic (exact) mass is 543 g/mol. The minimum Gasteiger partial charge on any atom is -0.342 e. The molecule has 1 aliphatic heterocycles. The largest absolute Gasteiger partial charge is 0.342 e.